The van der Waals surface area contributed by atoms with Crippen LogP contribution in [-0.4, -0.2) is 32.8 Å². The maximum absolute atomic E-state index is 12.6. The first-order valence-corrected chi connectivity index (χ1v) is 10.3. The summed E-state index contributed by atoms with van der Waals surface area (Å²) in [5.74, 6) is 0.798. The Morgan fingerprint density at radius 3 is 2.77 bits per heavy atom. The van der Waals surface area contributed by atoms with Gasteiger partial charge in [0, 0.05) is 10.2 Å². The highest BCUT2D eigenvalue weighted by atomic mass is 79.9. The molecule has 0 aliphatic carbocycles. The number of hydrogen-bond donors (Lipinski definition) is 1. The van der Waals surface area contributed by atoms with Gasteiger partial charge in [0.2, 0.25) is 5.95 Å². The molecular weight excluding hydrogens is 450 g/mol. The van der Waals surface area contributed by atoms with Crippen LogP contribution in [0.3, 0.4) is 0 Å². The number of allylic oxidation sites excluding steroid dienone is 1. The molecule has 8 nitrogen and oxygen atoms in total. The van der Waals surface area contributed by atoms with E-state index >= 15 is 0 Å². The van der Waals surface area contributed by atoms with Crippen molar-refractivity contribution in [2.75, 3.05) is 11.9 Å². The van der Waals surface area contributed by atoms with Crippen molar-refractivity contribution in [2.24, 2.45) is 0 Å². The summed E-state index contributed by atoms with van der Waals surface area (Å²) in [5.41, 5.74) is 3.05. The van der Waals surface area contributed by atoms with Crippen LogP contribution in [0, 0.1) is 0 Å². The minimum atomic E-state index is -0.491. The monoisotopic (exact) mass is 469 g/mol. The first-order valence-electron chi connectivity index (χ1n) is 9.46. The average molecular weight is 470 g/mol. The van der Waals surface area contributed by atoms with Crippen molar-refractivity contribution in [1.82, 2.24) is 20.2 Å². The molecule has 0 saturated carbocycles. The van der Waals surface area contributed by atoms with Gasteiger partial charge >= 0.3 is 5.97 Å². The second kappa shape index (κ2) is 8.66. The number of carbonyl (C=O) groups excluding carboxylic acids is 1. The summed E-state index contributed by atoms with van der Waals surface area (Å²) in [6.07, 6.45) is 0. The number of esters is 1. The zero-order valence-corrected chi connectivity index (χ0v) is 18.1. The number of halogens is 1. The Labute approximate surface area is 182 Å². The Bertz CT molecular complexity index is 1090. The molecule has 1 aliphatic rings. The zero-order chi connectivity index (χ0) is 21.1. The largest absolute Gasteiger partial charge is 0.489 e. The van der Waals surface area contributed by atoms with E-state index in [2.05, 4.69) is 36.8 Å². The summed E-state index contributed by atoms with van der Waals surface area (Å²) in [6, 6.07) is 15.0. The molecule has 1 aliphatic heterocycles. The second-order valence-corrected chi connectivity index (χ2v) is 7.64. The van der Waals surface area contributed by atoms with Crippen LogP contribution in [0.5, 0.6) is 5.75 Å². The molecule has 0 radical (unpaired) electrons. The van der Waals surface area contributed by atoms with Gasteiger partial charge in [0.15, 0.2) is 0 Å². The molecule has 0 bridgehead atoms. The molecule has 2 aromatic carbocycles. The van der Waals surface area contributed by atoms with E-state index in [1.54, 1.807) is 11.6 Å². The number of tetrazole rings is 1. The summed E-state index contributed by atoms with van der Waals surface area (Å²) in [6.45, 7) is 4.33. The van der Waals surface area contributed by atoms with Crippen LogP contribution in [0.25, 0.3) is 0 Å². The van der Waals surface area contributed by atoms with Crippen LogP contribution in [0.15, 0.2) is 64.3 Å². The number of carbonyl (C=O) groups is 1. The molecular formula is C21H20BrN5O3. The predicted molar refractivity (Wildman–Crippen MR) is 114 cm³/mol. The fourth-order valence-electron chi connectivity index (χ4n) is 3.33. The minimum Gasteiger partial charge on any atom is -0.489 e. The van der Waals surface area contributed by atoms with Gasteiger partial charge in [-0.2, -0.15) is 4.68 Å². The normalized spacial score (nSPS) is 15.4. The lowest BCUT2D eigenvalue weighted by Crippen LogP contribution is -2.29. The molecule has 0 fully saturated rings. The second-order valence-electron chi connectivity index (χ2n) is 6.72. The van der Waals surface area contributed by atoms with E-state index in [1.165, 1.54) is 0 Å². The van der Waals surface area contributed by atoms with E-state index in [0.717, 1.165) is 21.3 Å². The van der Waals surface area contributed by atoms with E-state index in [9.17, 15) is 4.79 Å². The maximum Gasteiger partial charge on any atom is 0.338 e. The Kier molecular flexibility index (Phi) is 5.80. The van der Waals surface area contributed by atoms with Gasteiger partial charge in [0.1, 0.15) is 18.4 Å². The number of nitrogens with zero attached hydrogens (tertiary/aromatic N) is 4. The molecule has 0 spiro atoms. The van der Waals surface area contributed by atoms with Gasteiger partial charge in [-0.15, -0.1) is 0 Å². The SMILES string of the molecule is CCOC(=O)C1=C(C)Nc2nnnn2C1c1ccc(OCc2cccc(Br)c2)cc1. The van der Waals surface area contributed by atoms with E-state index in [-0.39, 0.29) is 6.61 Å². The first kappa shape index (κ1) is 20.1. The number of fused-ring (bicyclic) bond motifs is 1. The van der Waals surface area contributed by atoms with Crippen molar-refractivity contribution < 1.29 is 14.3 Å². The Morgan fingerprint density at radius 1 is 1.23 bits per heavy atom. The molecule has 1 atom stereocenters. The predicted octanol–water partition coefficient (Wildman–Crippen LogP) is 3.87. The quantitative estimate of drug-likeness (QED) is 0.547. The molecule has 0 amide bonds. The summed E-state index contributed by atoms with van der Waals surface area (Å²) < 4.78 is 13.8. The van der Waals surface area contributed by atoms with Crippen LogP contribution in [-0.2, 0) is 16.1 Å². The van der Waals surface area contributed by atoms with E-state index in [4.69, 9.17) is 9.47 Å². The van der Waals surface area contributed by atoms with E-state index < -0.39 is 12.0 Å². The summed E-state index contributed by atoms with van der Waals surface area (Å²) in [7, 11) is 0. The smallest absolute Gasteiger partial charge is 0.338 e. The van der Waals surface area contributed by atoms with Crippen LogP contribution in [0.2, 0.25) is 0 Å². The Morgan fingerprint density at radius 2 is 2.03 bits per heavy atom. The highest BCUT2D eigenvalue weighted by Crippen LogP contribution is 2.35. The lowest BCUT2D eigenvalue weighted by atomic mass is 9.96. The number of benzene rings is 2. The topological polar surface area (TPSA) is 91.2 Å². The number of hydrogen-bond acceptors (Lipinski definition) is 7. The molecule has 1 aromatic heterocycles. The molecule has 154 valence electrons. The van der Waals surface area contributed by atoms with E-state index in [0.29, 0.717) is 23.8 Å². The summed E-state index contributed by atoms with van der Waals surface area (Å²) >= 11 is 3.46. The lowest BCUT2D eigenvalue weighted by molar-refractivity contribution is -0.139. The maximum atomic E-state index is 12.6. The fraction of sp³-hybridized carbons (Fsp3) is 0.238. The van der Waals surface area contributed by atoms with Gasteiger partial charge in [0.05, 0.1) is 12.2 Å². The van der Waals surface area contributed by atoms with Crippen molar-refractivity contribution >= 4 is 27.8 Å². The number of rotatable bonds is 6. The first-order chi connectivity index (χ1) is 14.6. The molecule has 1 N–H and O–H groups in total. The van der Waals surface area contributed by atoms with Gasteiger partial charge in [0.25, 0.3) is 0 Å². The summed E-state index contributed by atoms with van der Waals surface area (Å²) in [5, 5.41) is 14.8. The third kappa shape index (κ3) is 4.06. The highest BCUT2D eigenvalue weighted by molar-refractivity contribution is 9.10. The Hall–Kier alpha value is -3.20. The van der Waals surface area contributed by atoms with Crippen LogP contribution in [0.4, 0.5) is 5.95 Å². The molecule has 4 rings (SSSR count). The third-order valence-corrected chi connectivity index (χ3v) is 5.19. The van der Waals surface area contributed by atoms with Gasteiger partial charge < -0.3 is 14.8 Å². The van der Waals surface area contributed by atoms with Crippen LogP contribution >= 0.6 is 15.9 Å². The summed E-state index contributed by atoms with van der Waals surface area (Å²) in [4.78, 5) is 12.6. The molecule has 3 aromatic rings. The van der Waals surface area contributed by atoms with Crippen molar-refractivity contribution in [3.63, 3.8) is 0 Å². The molecule has 9 heteroatoms. The van der Waals surface area contributed by atoms with Crippen molar-refractivity contribution in [3.8, 4) is 5.75 Å². The van der Waals surface area contributed by atoms with Crippen LogP contribution in [0.1, 0.15) is 31.0 Å². The molecule has 2 heterocycles. The highest BCUT2D eigenvalue weighted by Gasteiger charge is 2.34. The standard InChI is InChI=1S/C21H20BrN5O3/c1-3-29-20(28)18-13(2)23-21-24-25-26-27(21)19(18)15-7-9-17(10-8-15)30-12-14-5-4-6-16(22)11-14/h4-11,19H,3,12H2,1-2H3,(H,23,24,26). The van der Waals surface area contributed by atoms with E-state index in [1.807, 2.05) is 55.5 Å². The zero-order valence-electron chi connectivity index (χ0n) is 16.5. The molecule has 0 saturated heterocycles. The number of aromatic nitrogens is 4. The Balaban J connectivity index is 1.59. The van der Waals surface area contributed by atoms with Gasteiger partial charge in [-0.25, -0.2) is 4.79 Å². The van der Waals surface area contributed by atoms with Gasteiger partial charge in [-0.3, -0.25) is 0 Å². The molecule has 1 unspecified atom stereocenters. The van der Waals surface area contributed by atoms with Gasteiger partial charge in [-0.1, -0.05) is 45.3 Å². The van der Waals surface area contributed by atoms with Crippen molar-refractivity contribution in [2.45, 2.75) is 26.5 Å². The average Bonchev–Trinajstić information content (AvgIpc) is 3.20. The van der Waals surface area contributed by atoms with Crippen LogP contribution < -0.4 is 10.1 Å². The number of ether oxygens (including phenoxy) is 2. The third-order valence-electron chi connectivity index (χ3n) is 4.70. The molecule has 30 heavy (non-hydrogen) atoms. The number of nitrogens with one attached hydrogen (secondary N) is 1. The lowest BCUT2D eigenvalue weighted by Gasteiger charge is -2.27. The van der Waals surface area contributed by atoms with Crippen molar-refractivity contribution in [3.05, 3.63) is 75.4 Å². The minimum absolute atomic E-state index is 0.285. The number of anilines is 1. The fourth-order valence-corrected chi connectivity index (χ4v) is 3.78. The van der Waals surface area contributed by atoms with Gasteiger partial charge in [-0.05, 0) is 59.7 Å². The van der Waals surface area contributed by atoms with Crippen molar-refractivity contribution in [1.29, 1.82) is 0 Å².